The number of aliphatic hydroxyl groups is 1. The van der Waals surface area contributed by atoms with Gasteiger partial charge in [-0.15, -0.1) is 0 Å². The van der Waals surface area contributed by atoms with Gasteiger partial charge < -0.3 is 14.9 Å². The molecule has 1 aliphatic rings. The van der Waals surface area contributed by atoms with E-state index in [1.807, 2.05) is 0 Å². The largest absolute Gasteiger partial charge is 0.396 e. The normalized spacial score (nSPS) is 21.0. The monoisotopic (exact) mass is 211 g/mol. The SMILES string of the molecule is OCCCCc1nc(C2CCCN2)no1. The van der Waals surface area contributed by atoms with Crippen LogP contribution in [-0.4, -0.2) is 28.4 Å². The number of aryl methyl sites for hydroxylation is 1. The molecule has 0 bridgehead atoms. The van der Waals surface area contributed by atoms with Crippen LogP contribution in [0.1, 0.15) is 43.4 Å². The summed E-state index contributed by atoms with van der Waals surface area (Å²) in [6, 6.07) is 0.278. The van der Waals surface area contributed by atoms with Crippen LogP contribution in [-0.2, 0) is 6.42 Å². The maximum atomic E-state index is 8.65. The summed E-state index contributed by atoms with van der Waals surface area (Å²) < 4.78 is 5.14. The van der Waals surface area contributed by atoms with Crippen LogP contribution in [0, 0.1) is 0 Å². The van der Waals surface area contributed by atoms with Crippen LogP contribution >= 0.6 is 0 Å². The van der Waals surface area contributed by atoms with E-state index in [9.17, 15) is 0 Å². The third kappa shape index (κ3) is 2.76. The molecule has 0 spiro atoms. The lowest BCUT2D eigenvalue weighted by molar-refractivity contribution is 0.280. The van der Waals surface area contributed by atoms with Crippen LogP contribution in [0.25, 0.3) is 0 Å². The summed E-state index contributed by atoms with van der Waals surface area (Å²) in [5, 5.41) is 15.9. The van der Waals surface area contributed by atoms with Crippen molar-refractivity contribution >= 4 is 0 Å². The molecule has 2 heterocycles. The summed E-state index contributed by atoms with van der Waals surface area (Å²) in [5.41, 5.74) is 0. The smallest absolute Gasteiger partial charge is 0.226 e. The summed E-state index contributed by atoms with van der Waals surface area (Å²) in [6.07, 6.45) is 4.73. The second-order valence-corrected chi connectivity index (χ2v) is 3.88. The standard InChI is InChI=1S/C10H17N3O2/c14-7-2-1-5-9-12-10(13-15-9)8-4-3-6-11-8/h8,11,14H,1-7H2. The van der Waals surface area contributed by atoms with Crippen LogP contribution in [0.3, 0.4) is 0 Å². The molecule has 1 unspecified atom stereocenters. The fourth-order valence-electron chi connectivity index (χ4n) is 1.80. The first-order valence-corrected chi connectivity index (χ1v) is 5.57. The van der Waals surface area contributed by atoms with Gasteiger partial charge in [-0.25, -0.2) is 0 Å². The van der Waals surface area contributed by atoms with Gasteiger partial charge in [-0.1, -0.05) is 5.16 Å². The van der Waals surface area contributed by atoms with Gasteiger partial charge in [0.1, 0.15) is 0 Å². The highest BCUT2D eigenvalue weighted by atomic mass is 16.5. The maximum absolute atomic E-state index is 8.65. The Balaban J connectivity index is 1.86. The average molecular weight is 211 g/mol. The predicted octanol–water partition coefficient (Wildman–Crippen LogP) is 0.809. The molecule has 1 aliphatic heterocycles. The van der Waals surface area contributed by atoms with Gasteiger partial charge in [0, 0.05) is 13.0 Å². The van der Waals surface area contributed by atoms with Crippen molar-refractivity contribution in [3.8, 4) is 0 Å². The van der Waals surface area contributed by atoms with Gasteiger partial charge in [-0.05, 0) is 32.2 Å². The first kappa shape index (κ1) is 10.6. The molecule has 1 aromatic heterocycles. The molecule has 84 valence electrons. The highest BCUT2D eigenvalue weighted by Gasteiger charge is 2.21. The van der Waals surface area contributed by atoms with Gasteiger partial charge in [-0.3, -0.25) is 0 Å². The van der Waals surface area contributed by atoms with Crippen molar-refractivity contribution in [1.29, 1.82) is 0 Å². The lowest BCUT2D eigenvalue weighted by atomic mass is 10.2. The summed E-state index contributed by atoms with van der Waals surface area (Å²) in [6.45, 7) is 1.27. The Morgan fingerprint density at radius 1 is 1.47 bits per heavy atom. The molecule has 2 N–H and O–H groups in total. The van der Waals surface area contributed by atoms with E-state index in [0.717, 1.165) is 38.1 Å². The van der Waals surface area contributed by atoms with E-state index in [-0.39, 0.29) is 12.6 Å². The Labute approximate surface area is 88.9 Å². The quantitative estimate of drug-likeness (QED) is 0.705. The first-order valence-electron chi connectivity index (χ1n) is 5.57. The van der Waals surface area contributed by atoms with Crippen LogP contribution in [0.4, 0.5) is 0 Å². The predicted molar refractivity (Wildman–Crippen MR) is 54.3 cm³/mol. The number of rotatable bonds is 5. The number of aliphatic hydroxyl groups excluding tert-OH is 1. The molecule has 1 aromatic rings. The van der Waals surface area contributed by atoms with Crippen molar-refractivity contribution in [3.05, 3.63) is 11.7 Å². The molecule has 2 rings (SSSR count). The summed E-state index contributed by atoms with van der Waals surface area (Å²) >= 11 is 0. The third-order valence-electron chi connectivity index (χ3n) is 2.65. The lowest BCUT2D eigenvalue weighted by Gasteiger charge is -2.01. The number of unbranched alkanes of at least 4 members (excludes halogenated alkanes) is 1. The molecule has 1 fully saturated rings. The number of nitrogens with zero attached hydrogens (tertiary/aromatic N) is 2. The third-order valence-corrected chi connectivity index (χ3v) is 2.65. The Hall–Kier alpha value is -0.940. The fourth-order valence-corrected chi connectivity index (χ4v) is 1.80. The lowest BCUT2D eigenvalue weighted by Crippen LogP contribution is -2.14. The van der Waals surface area contributed by atoms with Crippen LogP contribution < -0.4 is 5.32 Å². The van der Waals surface area contributed by atoms with E-state index in [2.05, 4.69) is 15.5 Å². The minimum absolute atomic E-state index is 0.227. The molecule has 0 radical (unpaired) electrons. The Morgan fingerprint density at radius 3 is 3.13 bits per heavy atom. The van der Waals surface area contributed by atoms with Crippen molar-refractivity contribution in [2.75, 3.05) is 13.2 Å². The van der Waals surface area contributed by atoms with Gasteiger partial charge in [0.2, 0.25) is 5.89 Å². The highest BCUT2D eigenvalue weighted by molar-refractivity contribution is 4.96. The van der Waals surface area contributed by atoms with Crippen LogP contribution in [0.5, 0.6) is 0 Å². The molecular formula is C10H17N3O2. The van der Waals surface area contributed by atoms with Gasteiger partial charge in [0.15, 0.2) is 5.82 Å². The summed E-state index contributed by atoms with van der Waals surface area (Å²) in [5.74, 6) is 1.47. The summed E-state index contributed by atoms with van der Waals surface area (Å²) in [7, 11) is 0. The van der Waals surface area contributed by atoms with Crippen molar-refractivity contribution in [3.63, 3.8) is 0 Å². The topological polar surface area (TPSA) is 71.2 Å². The van der Waals surface area contributed by atoms with E-state index in [1.54, 1.807) is 0 Å². The molecule has 0 aliphatic carbocycles. The maximum Gasteiger partial charge on any atom is 0.226 e. The molecule has 5 nitrogen and oxygen atoms in total. The van der Waals surface area contributed by atoms with Crippen molar-refractivity contribution in [2.45, 2.75) is 38.1 Å². The second-order valence-electron chi connectivity index (χ2n) is 3.88. The zero-order valence-corrected chi connectivity index (χ0v) is 8.78. The molecule has 15 heavy (non-hydrogen) atoms. The molecule has 1 atom stereocenters. The van der Waals surface area contributed by atoms with Gasteiger partial charge in [0.05, 0.1) is 6.04 Å². The van der Waals surface area contributed by atoms with E-state index < -0.39 is 0 Å². The Kier molecular flexibility index (Phi) is 3.69. The first-order chi connectivity index (χ1) is 7.40. The van der Waals surface area contributed by atoms with Gasteiger partial charge in [-0.2, -0.15) is 4.98 Å². The average Bonchev–Trinajstić information content (AvgIpc) is 2.87. The molecule has 0 saturated carbocycles. The highest BCUT2D eigenvalue weighted by Crippen LogP contribution is 2.20. The van der Waals surface area contributed by atoms with Gasteiger partial charge >= 0.3 is 0 Å². The molecule has 1 saturated heterocycles. The summed E-state index contributed by atoms with van der Waals surface area (Å²) in [4.78, 5) is 4.34. The van der Waals surface area contributed by atoms with E-state index >= 15 is 0 Å². The fraction of sp³-hybridized carbons (Fsp3) is 0.800. The second kappa shape index (κ2) is 5.23. The number of nitrogens with one attached hydrogen (secondary N) is 1. The molecule has 5 heteroatoms. The van der Waals surface area contributed by atoms with Crippen LogP contribution in [0.2, 0.25) is 0 Å². The van der Waals surface area contributed by atoms with E-state index in [0.29, 0.717) is 5.89 Å². The minimum Gasteiger partial charge on any atom is -0.396 e. The van der Waals surface area contributed by atoms with Crippen molar-refractivity contribution in [1.82, 2.24) is 15.5 Å². The number of hydrogen-bond donors (Lipinski definition) is 2. The minimum atomic E-state index is 0.227. The van der Waals surface area contributed by atoms with Gasteiger partial charge in [0.25, 0.3) is 0 Å². The van der Waals surface area contributed by atoms with E-state index in [4.69, 9.17) is 9.63 Å². The molecule has 0 aromatic carbocycles. The van der Waals surface area contributed by atoms with Crippen LogP contribution in [0.15, 0.2) is 4.52 Å². The Morgan fingerprint density at radius 2 is 2.40 bits per heavy atom. The van der Waals surface area contributed by atoms with Crippen molar-refractivity contribution < 1.29 is 9.63 Å². The van der Waals surface area contributed by atoms with Crippen molar-refractivity contribution in [2.24, 2.45) is 0 Å². The molecular weight excluding hydrogens is 194 g/mol. The zero-order chi connectivity index (χ0) is 10.5. The number of aromatic nitrogens is 2. The number of hydrogen-bond acceptors (Lipinski definition) is 5. The Bertz CT molecular complexity index is 295. The van der Waals surface area contributed by atoms with E-state index in [1.165, 1.54) is 6.42 Å². The zero-order valence-electron chi connectivity index (χ0n) is 8.78. The molecule has 0 amide bonds.